The number of cyclic esters (lactones) is 2. The molecule has 0 N–H and O–H groups in total. The van der Waals surface area contributed by atoms with Gasteiger partial charge in [0.25, 0.3) is 0 Å². The van der Waals surface area contributed by atoms with Gasteiger partial charge in [-0.2, -0.15) is 0 Å². The van der Waals surface area contributed by atoms with Crippen molar-refractivity contribution in [1.29, 1.82) is 0 Å². The lowest BCUT2D eigenvalue weighted by molar-refractivity contribution is -0.153. The van der Waals surface area contributed by atoms with Crippen molar-refractivity contribution in [1.82, 2.24) is 0 Å². The van der Waals surface area contributed by atoms with E-state index in [1.807, 2.05) is 31.2 Å². The van der Waals surface area contributed by atoms with Crippen molar-refractivity contribution in [3.63, 3.8) is 0 Å². The number of hydrogen-bond acceptors (Lipinski definition) is 3. The van der Waals surface area contributed by atoms with Crippen molar-refractivity contribution in [2.45, 2.75) is 19.8 Å². The number of hydrogen-bond donors (Lipinski definition) is 0. The fourth-order valence-electron chi connectivity index (χ4n) is 1.67. The van der Waals surface area contributed by atoms with Crippen LogP contribution in [-0.2, 0) is 14.3 Å². The van der Waals surface area contributed by atoms with Gasteiger partial charge in [-0.25, -0.2) is 0 Å². The van der Waals surface area contributed by atoms with Gasteiger partial charge < -0.3 is 4.74 Å². The second-order valence-electron chi connectivity index (χ2n) is 3.69. The van der Waals surface area contributed by atoms with Crippen LogP contribution in [0.4, 0.5) is 0 Å². The lowest BCUT2D eigenvalue weighted by Crippen LogP contribution is -2.17. The van der Waals surface area contributed by atoms with E-state index in [9.17, 15) is 9.59 Å². The molecular formula is C13H16O3. The van der Waals surface area contributed by atoms with Crippen LogP contribution in [0.1, 0.15) is 19.8 Å². The highest BCUT2D eigenvalue weighted by Crippen LogP contribution is 2.27. The third-order valence-corrected chi connectivity index (χ3v) is 2.57. The van der Waals surface area contributed by atoms with Gasteiger partial charge in [0.05, 0.1) is 12.3 Å². The maximum atomic E-state index is 11.3. The third kappa shape index (κ3) is 3.19. The number of rotatable bonds is 5. The lowest BCUT2D eigenvalue weighted by atomic mass is 9.88. The van der Waals surface area contributed by atoms with Crippen LogP contribution in [0.15, 0.2) is 37.0 Å². The first-order valence-electron chi connectivity index (χ1n) is 5.34. The molecule has 0 aromatic heterocycles. The molecule has 16 heavy (non-hydrogen) atoms. The second-order valence-corrected chi connectivity index (χ2v) is 3.69. The molecule has 1 saturated heterocycles. The zero-order valence-corrected chi connectivity index (χ0v) is 9.39. The van der Waals surface area contributed by atoms with Gasteiger partial charge in [-0.1, -0.05) is 30.4 Å². The van der Waals surface area contributed by atoms with Crippen LogP contribution in [0.3, 0.4) is 0 Å². The summed E-state index contributed by atoms with van der Waals surface area (Å²) in [7, 11) is 0. The standard InChI is InChI=1S/C13H16O3/c1-3-5-6-7-8-10(4-2)11-9-12(14)16-13(11)15/h3-7,10-11H,2,8-9H2,1H3/b5-3+,7-6+/t10-,11-/m0/s1. The first-order chi connectivity index (χ1) is 7.69. The van der Waals surface area contributed by atoms with Gasteiger partial charge in [0.15, 0.2) is 0 Å². The molecule has 3 nitrogen and oxygen atoms in total. The fourth-order valence-corrected chi connectivity index (χ4v) is 1.67. The Labute approximate surface area is 95.5 Å². The molecular weight excluding hydrogens is 204 g/mol. The molecule has 1 aliphatic rings. The summed E-state index contributed by atoms with van der Waals surface area (Å²) < 4.78 is 4.52. The van der Waals surface area contributed by atoms with Gasteiger partial charge in [-0.15, -0.1) is 6.58 Å². The molecule has 0 unspecified atom stereocenters. The van der Waals surface area contributed by atoms with Crippen molar-refractivity contribution < 1.29 is 14.3 Å². The SMILES string of the molecule is C=C[C@@H](C/C=C/C=C/C)[C@@H]1CC(=O)OC1=O. The van der Waals surface area contributed by atoms with E-state index in [0.29, 0.717) is 6.42 Å². The summed E-state index contributed by atoms with van der Waals surface area (Å²) in [5, 5.41) is 0. The fraction of sp³-hybridized carbons (Fsp3) is 0.385. The Morgan fingerprint density at radius 3 is 2.75 bits per heavy atom. The van der Waals surface area contributed by atoms with E-state index in [2.05, 4.69) is 11.3 Å². The highest BCUT2D eigenvalue weighted by atomic mass is 16.6. The van der Waals surface area contributed by atoms with E-state index in [-0.39, 0.29) is 18.3 Å². The van der Waals surface area contributed by atoms with Crippen LogP contribution >= 0.6 is 0 Å². The smallest absolute Gasteiger partial charge is 0.317 e. The zero-order valence-electron chi connectivity index (χ0n) is 9.39. The van der Waals surface area contributed by atoms with Crippen molar-refractivity contribution in [3.05, 3.63) is 37.0 Å². The molecule has 1 rings (SSSR count). The maximum absolute atomic E-state index is 11.3. The predicted octanol–water partition coefficient (Wildman–Crippen LogP) is 2.40. The molecule has 0 radical (unpaired) electrons. The number of ether oxygens (including phenoxy) is 1. The summed E-state index contributed by atoms with van der Waals surface area (Å²) in [6.45, 7) is 5.63. The lowest BCUT2D eigenvalue weighted by Gasteiger charge is -2.13. The number of esters is 2. The highest BCUT2D eigenvalue weighted by Gasteiger charge is 2.37. The monoisotopic (exact) mass is 220 g/mol. The quantitative estimate of drug-likeness (QED) is 0.309. The van der Waals surface area contributed by atoms with E-state index < -0.39 is 11.9 Å². The Balaban J connectivity index is 2.57. The van der Waals surface area contributed by atoms with Crippen LogP contribution in [0.25, 0.3) is 0 Å². The number of allylic oxidation sites excluding steroid dienone is 5. The van der Waals surface area contributed by atoms with E-state index in [1.165, 1.54) is 0 Å². The summed E-state index contributed by atoms with van der Waals surface area (Å²) in [5.74, 6) is -1.24. The summed E-state index contributed by atoms with van der Waals surface area (Å²) in [6.07, 6.45) is 10.3. The minimum Gasteiger partial charge on any atom is -0.393 e. The van der Waals surface area contributed by atoms with Gasteiger partial charge in [0.2, 0.25) is 0 Å². The Hall–Kier alpha value is -1.64. The average Bonchev–Trinajstić information content (AvgIpc) is 2.58. The van der Waals surface area contributed by atoms with Crippen molar-refractivity contribution in [2.24, 2.45) is 11.8 Å². The summed E-state index contributed by atoms with van der Waals surface area (Å²) in [4.78, 5) is 22.3. The van der Waals surface area contributed by atoms with E-state index >= 15 is 0 Å². The third-order valence-electron chi connectivity index (χ3n) is 2.57. The molecule has 0 spiro atoms. The highest BCUT2D eigenvalue weighted by molar-refractivity contribution is 5.94. The Bertz CT molecular complexity index is 339. The van der Waals surface area contributed by atoms with Gasteiger partial charge >= 0.3 is 11.9 Å². The van der Waals surface area contributed by atoms with Crippen LogP contribution < -0.4 is 0 Å². The van der Waals surface area contributed by atoms with Crippen LogP contribution in [-0.4, -0.2) is 11.9 Å². The zero-order chi connectivity index (χ0) is 12.0. The van der Waals surface area contributed by atoms with Gasteiger partial charge in [-0.3, -0.25) is 9.59 Å². The van der Waals surface area contributed by atoms with Crippen LogP contribution in [0.2, 0.25) is 0 Å². The van der Waals surface area contributed by atoms with Gasteiger partial charge in [-0.05, 0) is 19.3 Å². The molecule has 3 heteroatoms. The minimum atomic E-state index is -0.431. The Morgan fingerprint density at radius 1 is 1.50 bits per heavy atom. The van der Waals surface area contributed by atoms with E-state index in [4.69, 9.17) is 0 Å². The van der Waals surface area contributed by atoms with Crippen molar-refractivity contribution >= 4 is 11.9 Å². The average molecular weight is 220 g/mol. The molecule has 0 saturated carbocycles. The van der Waals surface area contributed by atoms with Gasteiger partial charge in [0, 0.05) is 0 Å². The van der Waals surface area contributed by atoms with E-state index in [1.54, 1.807) is 6.08 Å². The predicted molar refractivity (Wildman–Crippen MR) is 61.5 cm³/mol. The topological polar surface area (TPSA) is 43.4 Å². The molecule has 0 aliphatic carbocycles. The van der Waals surface area contributed by atoms with Crippen LogP contribution in [0, 0.1) is 11.8 Å². The molecule has 1 heterocycles. The normalized spacial score (nSPS) is 22.9. The summed E-state index contributed by atoms with van der Waals surface area (Å²) in [5.41, 5.74) is 0. The van der Waals surface area contributed by atoms with Crippen molar-refractivity contribution in [2.75, 3.05) is 0 Å². The Morgan fingerprint density at radius 2 is 2.25 bits per heavy atom. The Kier molecular flexibility index (Phi) is 4.70. The molecule has 86 valence electrons. The summed E-state index contributed by atoms with van der Waals surface area (Å²) >= 11 is 0. The largest absolute Gasteiger partial charge is 0.393 e. The molecule has 1 aliphatic heterocycles. The van der Waals surface area contributed by atoms with Crippen molar-refractivity contribution in [3.8, 4) is 0 Å². The molecule has 1 fully saturated rings. The molecule has 0 aromatic rings. The minimum absolute atomic E-state index is 0.0274. The first kappa shape index (κ1) is 12.4. The summed E-state index contributed by atoms with van der Waals surface area (Å²) in [6, 6.07) is 0. The maximum Gasteiger partial charge on any atom is 0.317 e. The van der Waals surface area contributed by atoms with Gasteiger partial charge in [0.1, 0.15) is 0 Å². The second kappa shape index (κ2) is 6.05. The first-order valence-corrected chi connectivity index (χ1v) is 5.34. The molecule has 0 amide bonds. The van der Waals surface area contributed by atoms with E-state index in [0.717, 1.165) is 0 Å². The number of carbonyl (C=O) groups is 2. The molecule has 2 atom stereocenters. The number of carbonyl (C=O) groups excluding carboxylic acids is 2. The molecule has 0 aromatic carbocycles. The van der Waals surface area contributed by atoms with Crippen LogP contribution in [0.5, 0.6) is 0 Å². The molecule has 0 bridgehead atoms.